The Morgan fingerprint density at radius 1 is 1.03 bits per heavy atom. The largest absolute Gasteiger partial charge is 0.375 e. The Labute approximate surface area is 196 Å². The van der Waals surface area contributed by atoms with Gasteiger partial charge in [-0.05, 0) is 75.6 Å². The van der Waals surface area contributed by atoms with Crippen LogP contribution in [-0.4, -0.2) is 60.9 Å². The second-order valence-electron chi connectivity index (χ2n) is 10.3. The van der Waals surface area contributed by atoms with Crippen LogP contribution in [-0.2, 0) is 14.8 Å². The first kappa shape index (κ1) is 22.6. The van der Waals surface area contributed by atoms with Gasteiger partial charge in [0.25, 0.3) is 10.0 Å². The van der Waals surface area contributed by atoms with E-state index in [1.807, 2.05) is 6.07 Å². The lowest BCUT2D eigenvalue weighted by Crippen LogP contribution is -2.45. The van der Waals surface area contributed by atoms with E-state index in [1.54, 1.807) is 30.3 Å². The monoisotopic (exact) mass is 471 g/mol. The molecule has 4 atom stereocenters. The second-order valence-corrected chi connectivity index (χ2v) is 11.9. The van der Waals surface area contributed by atoms with Crippen LogP contribution in [0.15, 0.2) is 47.5 Å². The summed E-state index contributed by atoms with van der Waals surface area (Å²) < 4.78 is 33.5. The smallest absolute Gasteiger partial charge is 0.281 e. The molecule has 178 valence electrons. The van der Waals surface area contributed by atoms with Crippen molar-refractivity contribution in [1.82, 2.24) is 15.1 Å². The summed E-state index contributed by atoms with van der Waals surface area (Å²) in [7, 11) is -3.76. The van der Waals surface area contributed by atoms with E-state index in [2.05, 4.69) is 39.0 Å². The number of likely N-dealkylation sites (tertiary alicyclic amines) is 1. The van der Waals surface area contributed by atoms with E-state index in [1.165, 1.54) is 6.07 Å². The molecule has 1 saturated carbocycles. The number of anilines is 2. The number of para-hydroxylation sites is 1. The van der Waals surface area contributed by atoms with E-state index in [4.69, 9.17) is 4.74 Å². The molecule has 2 aromatic rings. The van der Waals surface area contributed by atoms with Crippen molar-refractivity contribution < 1.29 is 13.2 Å². The number of fused-ring (bicyclic) bond motifs is 1. The van der Waals surface area contributed by atoms with Gasteiger partial charge in [-0.1, -0.05) is 18.2 Å². The highest BCUT2D eigenvalue weighted by atomic mass is 32.2. The molecule has 2 N–H and O–H groups in total. The van der Waals surface area contributed by atoms with Crippen molar-refractivity contribution in [2.24, 2.45) is 11.8 Å². The fourth-order valence-electron chi connectivity index (χ4n) is 5.73. The van der Waals surface area contributed by atoms with Crippen LogP contribution in [0.2, 0.25) is 0 Å². The molecule has 0 amide bonds. The predicted octanol–water partition coefficient (Wildman–Crippen LogP) is 3.36. The number of hydrogen-bond acceptors (Lipinski definition) is 7. The lowest BCUT2D eigenvalue weighted by atomic mass is 9.93. The maximum Gasteiger partial charge on any atom is 0.281 e. The number of aromatic nitrogens is 2. The first-order valence-corrected chi connectivity index (χ1v) is 13.3. The van der Waals surface area contributed by atoms with Gasteiger partial charge in [-0.15, -0.1) is 10.2 Å². The van der Waals surface area contributed by atoms with Gasteiger partial charge in [0.15, 0.2) is 5.03 Å². The van der Waals surface area contributed by atoms with Gasteiger partial charge in [0, 0.05) is 37.5 Å². The Bertz CT molecular complexity index is 1050. The molecule has 1 aromatic heterocycles. The lowest BCUT2D eigenvalue weighted by molar-refractivity contribution is -0.0811. The normalized spacial score (nSPS) is 29.5. The number of rotatable bonds is 6. The summed E-state index contributed by atoms with van der Waals surface area (Å²) >= 11 is 0. The quantitative estimate of drug-likeness (QED) is 0.667. The third-order valence-electron chi connectivity index (χ3n) is 7.26. The van der Waals surface area contributed by atoms with Gasteiger partial charge in [-0.3, -0.25) is 9.62 Å². The zero-order valence-corrected chi connectivity index (χ0v) is 20.1. The van der Waals surface area contributed by atoms with E-state index < -0.39 is 10.0 Å². The molecule has 0 spiro atoms. The fourth-order valence-corrected chi connectivity index (χ4v) is 6.67. The van der Waals surface area contributed by atoms with Crippen LogP contribution >= 0.6 is 0 Å². The van der Waals surface area contributed by atoms with Crippen LogP contribution < -0.4 is 10.0 Å². The number of nitrogens with zero attached hydrogens (tertiary/aromatic N) is 3. The Balaban J connectivity index is 1.14. The zero-order chi connectivity index (χ0) is 23.1. The second kappa shape index (κ2) is 8.85. The van der Waals surface area contributed by atoms with Crippen molar-refractivity contribution >= 4 is 21.5 Å². The zero-order valence-electron chi connectivity index (χ0n) is 19.3. The number of ether oxygens (including phenoxy) is 1. The van der Waals surface area contributed by atoms with E-state index in [-0.39, 0.29) is 10.6 Å². The SMILES string of the molecule is CC1(C)CC(N2C[C@H]3C[C@@H](Nc4ccc(S(=O)(=O)Nc5ccccc5)nn4)C[C@H]3C2)CCO1. The van der Waals surface area contributed by atoms with E-state index in [0.29, 0.717) is 35.4 Å². The molecule has 1 aromatic carbocycles. The average Bonchev–Trinajstić information content (AvgIpc) is 3.33. The van der Waals surface area contributed by atoms with Gasteiger partial charge in [-0.2, -0.15) is 8.42 Å². The minimum atomic E-state index is -3.76. The molecule has 0 radical (unpaired) electrons. The van der Waals surface area contributed by atoms with Crippen molar-refractivity contribution in [2.75, 3.05) is 29.7 Å². The minimum absolute atomic E-state index is 0.0143. The molecule has 9 heteroatoms. The summed E-state index contributed by atoms with van der Waals surface area (Å²) in [5.74, 6) is 2.04. The first-order chi connectivity index (χ1) is 15.8. The Kier molecular flexibility index (Phi) is 6.05. The number of sulfonamides is 1. The third kappa shape index (κ3) is 5.15. The number of benzene rings is 1. The first-order valence-electron chi connectivity index (χ1n) is 11.8. The summed E-state index contributed by atoms with van der Waals surface area (Å²) in [6.07, 6.45) is 4.47. The molecule has 3 aliphatic rings. The van der Waals surface area contributed by atoms with Crippen LogP contribution in [0.4, 0.5) is 11.5 Å². The summed E-state index contributed by atoms with van der Waals surface area (Å²) in [6, 6.07) is 13.0. The average molecular weight is 472 g/mol. The van der Waals surface area contributed by atoms with Gasteiger partial charge < -0.3 is 10.1 Å². The molecule has 3 fully saturated rings. The Morgan fingerprint density at radius 2 is 1.76 bits per heavy atom. The van der Waals surface area contributed by atoms with Crippen LogP contribution in [0.3, 0.4) is 0 Å². The van der Waals surface area contributed by atoms with Gasteiger partial charge in [-0.25, -0.2) is 0 Å². The Hall–Kier alpha value is -2.23. The van der Waals surface area contributed by atoms with Crippen LogP contribution in [0.5, 0.6) is 0 Å². The number of hydrogen-bond donors (Lipinski definition) is 2. The summed E-state index contributed by atoms with van der Waals surface area (Å²) in [6.45, 7) is 7.59. The van der Waals surface area contributed by atoms with Crippen LogP contribution in [0.1, 0.15) is 39.5 Å². The molecule has 3 heterocycles. The van der Waals surface area contributed by atoms with E-state index >= 15 is 0 Å². The summed E-state index contributed by atoms with van der Waals surface area (Å²) in [4.78, 5) is 2.69. The Morgan fingerprint density at radius 3 is 2.39 bits per heavy atom. The molecule has 0 bridgehead atoms. The third-order valence-corrected chi connectivity index (χ3v) is 8.53. The predicted molar refractivity (Wildman–Crippen MR) is 128 cm³/mol. The molecule has 1 unspecified atom stereocenters. The van der Waals surface area contributed by atoms with E-state index in [0.717, 1.165) is 45.4 Å². The number of nitrogens with one attached hydrogen (secondary N) is 2. The topological polar surface area (TPSA) is 96.5 Å². The molecule has 2 aliphatic heterocycles. The van der Waals surface area contributed by atoms with E-state index in [9.17, 15) is 8.42 Å². The lowest BCUT2D eigenvalue weighted by Gasteiger charge is -2.40. The van der Waals surface area contributed by atoms with Gasteiger partial charge in [0.2, 0.25) is 0 Å². The van der Waals surface area contributed by atoms with Crippen molar-refractivity contribution in [3.8, 4) is 0 Å². The molecular formula is C24H33N5O3S. The fraction of sp³-hybridized carbons (Fsp3) is 0.583. The molecule has 33 heavy (non-hydrogen) atoms. The molecule has 8 nitrogen and oxygen atoms in total. The highest BCUT2D eigenvalue weighted by Gasteiger charge is 2.44. The maximum absolute atomic E-state index is 12.5. The van der Waals surface area contributed by atoms with Crippen molar-refractivity contribution in [1.29, 1.82) is 0 Å². The highest BCUT2D eigenvalue weighted by molar-refractivity contribution is 7.92. The highest BCUT2D eigenvalue weighted by Crippen LogP contribution is 2.41. The van der Waals surface area contributed by atoms with Crippen molar-refractivity contribution in [3.05, 3.63) is 42.5 Å². The van der Waals surface area contributed by atoms with Gasteiger partial charge in [0.1, 0.15) is 5.82 Å². The van der Waals surface area contributed by atoms with Gasteiger partial charge >= 0.3 is 0 Å². The standard InChI is InChI=1S/C24H33N5O3S/c1-24(2)14-21(10-11-32-24)29-15-17-12-20(13-18(17)16-29)25-22-8-9-23(27-26-22)33(30,31)28-19-6-4-3-5-7-19/h3-9,17-18,20-21,28H,10-16H2,1-2H3,(H,25,26)/t17-,18+,20-,21?. The van der Waals surface area contributed by atoms with Crippen molar-refractivity contribution in [2.45, 2.75) is 62.2 Å². The minimum Gasteiger partial charge on any atom is -0.375 e. The van der Waals surface area contributed by atoms with Crippen molar-refractivity contribution in [3.63, 3.8) is 0 Å². The van der Waals surface area contributed by atoms with Crippen LogP contribution in [0, 0.1) is 11.8 Å². The van der Waals surface area contributed by atoms with Crippen LogP contribution in [0.25, 0.3) is 0 Å². The maximum atomic E-state index is 12.5. The summed E-state index contributed by atoms with van der Waals surface area (Å²) in [5, 5.41) is 11.5. The molecule has 5 rings (SSSR count). The summed E-state index contributed by atoms with van der Waals surface area (Å²) in [5.41, 5.74) is 0.483. The molecular weight excluding hydrogens is 438 g/mol. The molecule has 2 saturated heterocycles. The molecule has 1 aliphatic carbocycles. The van der Waals surface area contributed by atoms with Gasteiger partial charge in [0.05, 0.1) is 5.60 Å².